The fourth-order valence-electron chi connectivity index (χ4n) is 8.73. The number of aliphatic hydroxyl groups excluding tert-OH is 18. The van der Waals surface area contributed by atoms with Gasteiger partial charge in [0, 0.05) is 0 Å². The van der Waals surface area contributed by atoms with Crippen LogP contribution in [0.25, 0.3) is 36.5 Å². The predicted octanol–water partition coefficient (Wildman–Crippen LogP) is 4.65. The second kappa shape index (κ2) is 47.9. The molecule has 0 unspecified atom stereocenters. The zero-order valence-electron chi connectivity index (χ0n) is 56.4. The van der Waals surface area contributed by atoms with E-state index in [9.17, 15) is 122 Å². The minimum atomic E-state index is -1.92. The van der Waals surface area contributed by atoms with Crippen LogP contribution in [0.4, 0.5) is 0 Å². The number of aromatic carboxylic acids is 3. The molecule has 12 atom stereocenters. The van der Waals surface area contributed by atoms with Gasteiger partial charge in [0.1, 0.15) is 108 Å². The van der Waals surface area contributed by atoms with Crippen molar-refractivity contribution in [1.29, 1.82) is 0 Å². The molecule has 0 spiro atoms. The van der Waals surface area contributed by atoms with Crippen LogP contribution in [0.2, 0.25) is 0 Å². The first-order chi connectivity index (χ1) is 50.1. The maximum atomic E-state index is 10.1. The van der Waals surface area contributed by atoms with Gasteiger partial charge in [0.15, 0.2) is 0 Å². The number of carboxylic acid groups (broad SMARTS) is 3. The van der Waals surface area contributed by atoms with Crippen LogP contribution >= 0.6 is 0 Å². The summed E-state index contributed by atoms with van der Waals surface area (Å²) >= 11 is 0. The fraction of sp³-hybridized carbons (Fsp3) is 0.148. The largest absolute Gasteiger partial charge is 3.00 e. The van der Waals surface area contributed by atoms with Crippen molar-refractivity contribution in [3.63, 3.8) is 0 Å². The number of hydrogen-bond acceptors (Lipinski definition) is 24. The number of aliphatic hydroxyl groups is 18. The topological polar surface area (TPSA) is 485 Å². The molecule has 0 radical (unpaired) electrons. The third-order valence-electron chi connectivity index (χ3n) is 14.5. The number of carbonyl (C=O) groups is 3. The summed E-state index contributed by atoms with van der Waals surface area (Å²) in [7, 11) is 0. The summed E-state index contributed by atoms with van der Waals surface area (Å²) in [4.78, 5) is 30.3. The summed E-state index contributed by atoms with van der Waals surface area (Å²) in [6.07, 6.45) is -15.2. The van der Waals surface area contributed by atoms with Gasteiger partial charge < -0.3 is 122 Å². The molecule has 0 fully saturated rings. The van der Waals surface area contributed by atoms with E-state index in [1.165, 1.54) is 72.9 Å². The first-order valence-electron chi connectivity index (χ1n) is 31.8. The molecule has 0 bridgehead atoms. The smallest absolute Gasteiger partial charge is 0.545 e. The third kappa shape index (κ3) is 31.7. The van der Waals surface area contributed by atoms with Crippen molar-refractivity contribution in [2.24, 2.45) is 0 Å². The van der Waals surface area contributed by atoms with Crippen molar-refractivity contribution in [2.75, 3.05) is 0 Å². The molecule has 9 aromatic carbocycles. The Kier molecular flexibility index (Phi) is 40.1. The Morgan fingerprint density at radius 2 is 0.311 bits per heavy atom. The van der Waals surface area contributed by atoms with Crippen molar-refractivity contribution in [1.82, 2.24) is 0 Å². The van der Waals surface area contributed by atoms with Gasteiger partial charge in [-0.1, -0.05) is 273 Å². The Bertz CT molecular complexity index is 3530. The van der Waals surface area contributed by atoms with Crippen LogP contribution in [0.5, 0.6) is 0 Å². The summed E-state index contributed by atoms with van der Waals surface area (Å²) in [6.45, 7) is 0. The first-order valence-corrected chi connectivity index (χ1v) is 31.8. The number of carboxylic acids is 3. The molecule has 9 rings (SSSR count). The summed E-state index contributed by atoms with van der Waals surface area (Å²) in [6, 6.07) is 75.7. The van der Waals surface area contributed by atoms with E-state index in [1.54, 1.807) is 237 Å². The quantitative estimate of drug-likeness (QED) is 0.0289. The monoisotopic (exact) mass is 1460 g/mol. The molecule has 9 aromatic rings. The van der Waals surface area contributed by atoms with E-state index in [1.807, 2.05) is 0 Å². The molecule has 0 aromatic heterocycles. The SMILES string of the molecule is O=C([O-])c1ccccc1.O=C([O-])c1ccccc1.O=C([O-])c1ccccc1.OC(=Cc1ccccc1)[C@@H](O)[C@@H](O)[C@H](O)[C@@H](O)C(O)=Cc1ccccc1.OC(=Cc1ccccc1)[C@@H](O)[C@@H](O)[C@H](O)[C@@H](O)C(O)=Cc1ccccc1.OC(=Cc1ccccc1)[C@@H](O)[C@@H](O)[C@H](O)[C@@H](O)C(O)=Cc1ccccc1.[Al+3]. The van der Waals surface area contributed by atoms with E-state index in [0.29, 0.717) is 33.4 Å². The molecular formula is C81H81AlO24. The third-order valence-corrected chi connectivity index (χ3v) is 14.5. The van der Waals surface area contributed by atoms with Gasteiger partial charge in [0.2, 0.25) is 0 Å². The van der Waals surface area contributed by atoms with Gasteiger partial charge in [-0.05, 0) is 86.5 Å². The maximum Gasteiger partial charge on any atom is 3.00 e. The van der Waals surface area contributed by atoms with Crippen molar-refractivity contribution < 1.29 is 122 Å². The normalized spacial score (nSPS) is 15.1. The molecule has 18 N–H and O–H groups in total. The molecule has 0 heterocycles. The molecule has 0 aliphatic carbocycles. The van der Waals surface area contributed by atoms with Gasteiger partial charge in [0.25, 0.3) is 0 Å². The fourth-order valence-corrected chi connectivity index (χ4v) is 8.73. The Labute approximate surface area is 621 Å². The van der Waals surface area contributed by atoms with E-state index in [-0.39, 0.29) is 34.1 Å². The van der Waals surface area contributed by atoms with Crippen LogP contribution < -0.4 is 15.3 Å². The molecule has 0 amide bonds. The summed E-state index contributed by atoms with van der Waals surface area (Å²) in [5, 5.41) is 210. The molecular weight excluding hydrogens is 1380 g/mol. The minimum Gasteiger partial charge on any atom is -0.545 e. The van der Waals surface area contributed by atoms with Gasteiger partial charge in [-0.3, -0.25) is 0 Å². The van der Waals surface area contributed by atoms with E-state index in [2.05, 4.69) is 0 Å². The standard InChI is InChI=1S/3C20H22O6.3C7H6O2.Al/c3*21-15(11-13-7-3-1-4-8-13)17(23)19(25)20(26)18(24)16(22)12-14-9-5-2-6-10-14;3*8-7(9)6-4-2-1-3-5-6;/h3*1-12,17-26H;3*1-5H,(H,8,9);/q;;;;;;+3/p-3/t3*17-,18+,19-,20-;;;;/m111..../s1. The van der Waals surface area contributed by atoms with Crippen LogP contribution in [0, 0.1) is 0 Å². The van der Waals surface area contributed by atoms with Crippen LogP contribution in [0.15, 0.2) is 308 Å². The molecule has 552 valence electrons. The van der Waals surface area contributed by atoms with Crippen LogP contribution in [0.1, 0.15) is 64.5 Å². The molecule has 106 heavy (non-hydrogen) atoms. The molecule has 0 saturated carbocycles. The predicted molar refractivity (Wildman–Crippen MR) is 392 cm³/mol. The average Bonchev–Trinajstić information content (AvgIpc) is 0.858. The van der Waals surface area contributed by atoms with Crippen LogP contribution in [-0.4, -0.2) is 200 Å². The van der Waals surface area contributed by atoms with Crippen LogP contribution in [0.3, 0.4) is 0 Å². The number of carbonyl (C=O) groups excluding carboxylic acids is 3. The number of hydrogen-bond donors (Lipinski definition) is 18. The zero-order valence-corrected chi connectivity index (χ0v) is 57.6. The van der Waals surface area contributed by atoms with Gasteiger partial charge in [-0.2, -0.15) is 0 Å². The van der Waals surface area contributed by atoms with Gasteiger partial charge in [-0.15, -0.1) is 0 Å². The Hall–Kier alpha value is -11.3. The molecule has 0 aliphatic heterocycles. The van der Waals surface area contributed by atoms with Crippen LogP contribution in [-0.2, 0) is 0 Å². The second-order valence-corrected chi connectivity index (χ2v) is 22.5. The maximum absolute atomic E-state index is 10.1. The number of benzene rings is 9. The van der Waals surface area contributed by atoms with Gasteiger partial charge in [0.05, 0.1) is 17.9 Å². The van der Waals surface area contributed by atoms with E-state index < -0.39 is 126 Å². The van der Waals surface area contributed by atoms with Gasteiger partial charge >= 0.3 is 17.4 Å². The molecule has 0 aliphatic rings. The summed E-state index contributed by atoms with van der Waals surface area (Å²) in [5.41, 5.74) is 4.15. The van der Waals surface area contributed by atoms with E-state index in [0.717, 1.165) is 0 Å². The molecule has 25 heteroatoms. The van der Waals surface area contributed by atoms with Crippen molar-refractivity contribution in [2.45, 2.75) is 73.2 Å². The Balaban J connectivity index is 0.000000349. The van der Waals surface area contributed by atoms with Crippen molar-refractivity contribution >= 4 is 71.7 Å². The summed E-state index contributed by atoms with van der Waals surface area (Å²) < 4.78 is 0. The average molecular weight is 1470 g/mol. The minimum absolute atomic E-state index is 0. The van der Waals surface area contributed by atoms with Gasteiger partial charge in [-0.25, -0.2) is 0 Å². The van der Waals surface area contributed by atoms with E-state index >= 15 is 0 Å². The second-order valence-electron chi connectivity index (χ2n) is 22.5. The summed E-state index contributed by atoms with van der Waals surface area (Å²) in [5.74, 6) is -6.88. The Morgan fingerprint density at radius 3 is 0.406 bits per heavy atom. The van der Waals surface area contributed by atoms with Crippen molar-refractivity contribution in [3.8, 4) is 0 Å². The zero-order chi connectivity index (χ0) is 77.4. The molecule has 24 nitrogen and oxygen atoms in total. The van der Waals surface area contributed by atoms with Crippen molar-refractivity contribution in [3.05, 3.63) is 358 Å². The molecule has 0 saturated heterocycles. The first kappa shape index (κ1) is 88.9. The van der Waals surface area contributed by atoms with E-state index in [4.69, 9.17) is 0 Å². The Morgan fingerprint density at radius 1 is 0.208 bits per heavy atom. The number of rotatable bonds is 24.